The molecule has 2 aromatic heterocycles. The molecule has 0 unspecified atom stereocenters. The van der Waals surface area contributed by atoms with Crippen LogP contribution in [0.2, 0.25) is 0 Å². The molecule has 0 bridgehead atoms. The lowest BCUT2D eigenvalue weighted by Crippen LogP contribution is -2.01. The van der Waals surface area contributed by atoms with Gasteiger partial charge in [0.1, 0.15) is 11.4 Å². The molecule has 7 heteroatoms. The Morgan fingerprint density at radius 2 is 1.43 bits per heavy atom. The van der Waals surface area contributed by atoms with Gasteiger partial charge >= 0.3 is 0 Å². The molecule has 0 spiro atoms. The summed E-state index contributed by atoms with van der Waals surface area (Å²) in [5.74, 6) is 0.773. The minimum absolute atomic E-state index is 0.524. The molecule has 6 rings (SSSR count). The summed E-state index contributed by atoms with van der Waals surface area (Å²) in [5, 5.41) is 12.0. The van der Waals surface area contributed by atoms with Crippen molar-refractivity contribution in [2.24, 2.45) is 0 Å². The molecule has 0 amide bonds. The number of rotatable bonds is 7. The summed E-state index contributed by atoms with van der Waals surface area (Å²) in [7, 11) is 1.65. The summed E-state index contributed by atoms with van der Waals surface area (Å²) in [4.78, 5) is 10.1. The van der Waals surface area contributed by atoms with Crippen molar-refractivity contribution in [2.75, 3.05) is 12.4 Å². The fourth-order valence-corrected chi connectivity index (χ4v) is 4.21. The fraction of sp³-hybridized carbons (Fsp3) is 0.0667. The summed E-state index contributed by atoms with van der Waals surface area (Å²) in [6, 6.07) is 34.1. The van der Waals surface area contributed by atoms with E-state index in [-0.39, 0.29) is 0 Å². The predicted molar refractivity (Wildman–Crippen MR) is 146 cm³/mol. The van der Waals surface area contributed by atoms with Gasteiger partial charge in [-0.15, -0.1) is 5.10 Å². The molecular formula is C30H24N6O. The largest absolute Gasteiger partial charge is 0.497 e. The molecule has 1 N–H and O–H groups in total. The zero-order valence-corrected chi connectivity index (χ0v) is 20.2. The van der Waals surface area contributed by atoms with Crippen LogP contribution >= 0.6 is 0 Å². The van der Waals surface area contributed by atoms with Gasteiger partial charge in [-0.25, -0.2) is 14.6 Å². The lowest BCUT2D eigenvalue weighted by atomic mass is 10.0. The SMILES string of the molecule is COc1cccc(-n2cc(CNc3ccc4nc(-c5ccccc5)c(-c5ccccc5)nc4c3)nn2)c1. The number of nitrogens with zero attached hydrogens (tertiary/aromatic N) is 5. The second kappa shape index (κ2) is 9.91. The van der Waals surface area contributed by atoms with E-state index in [9.17, 15) is 0 Å². The summed E-state index contributed by atoms with van der Waals surface area (Å²) in [5.41, 5.74) is 8.10. The van der Waals surface area contributed by atoms with Gasteiger partial charge in [-0.1, -0.05) is 71.9 Å². The monoisotopic (exact) mass is 484 g/mol. The van der Waals surface area contributed by atoms with Crippen LogP contribution in [0.1, 0.15) is 5.69 Å². The maximum atomic E-state index is 5.31. The molecule has 0 aliphatic heterocycles. The van der Waals surface area contributed by atoms with Crippen LogP contribution in [0.3, 0.4) is 0 Å². The summed E-state index contributed by atoms with van der Waals surface area (Å²) in [6.45, 7) is 0.524. The maximum Gasteiger partial charge on any atom is 0.121 e. The first-order valence-electron chi connectivity index (χ1n) is 12.0. The highest BCUT2D eigenvalue weighted by atomic mass is 16.5. The topological polar surface area (TPSA) is 77.8 Å². The van der Waals surface area contributed by atoms with Crippen LogP contribution in [-0.2, 0) is 6.54 Å². The molecule has 6 aromatic rings. The number of fused-ring (bicyclic) bond motifs is 1. The molecule has 0 aliphatic carbocycles. The first-order chi connectivity index (χ1) is 18.3. The molecule has 0 saturated heterocycles. The normalized spacial score (nSPS) is 10.9. The van der Waals surface area contributed by atoms with Crippen LogP contribution < -0.4 is 10.1 Å². The molecule has 2 heterocycles. The van der Waals surface area contributed by atoms with Crippen molar-refractivity contribution in [3.8, 4) is 34.0 Å². The van der Waals surface area contributed by atoms with Crippen molar-refractivity contribution in [3.63, 3.8) is 0 Å². The van der Waals surface area contributed by atoms with Crippen LogP contribution in [0, 0.1) is 0 Å². The molecule has 180 valence electrons. The molecule has 4 aromatic carbocycles. The second-order valence-electron chi connectivity index (χ2n) is 8.57. The van der Waals surface area contributed by atoms with Gasteiger partial charge in [-0.2, -0.15) is 0 Å². The Morgan fingerprint density at radius 1 is 0.730 bits per heavy atom. The number of nitrogens with one attached hydrogen (secondary N) is 1. The predicted octanol–water partition coefficient (Wildman–Crippen LogP) is 6.17. The quantitative estimate of drug-likeness (QED) is 0.292. The van der Waals surface area contributed by atoms with E-state index in [0.29, 0.717) is 6.54 Å². The number of hydrogen-bond acceptors (Lipinski definition) is 6. The molecule has 37 heavy (non-hydrogen) atoms. The van der Waals surface area contributed by atoms with Gasteiger partial charge in [0.05, 0.1) is 48.0 Å². The molecule has 0 radical (unpaired) electrons. The summed E-state index contributed by atoms with van der Waals surface area (Å²) < 4.78 is 7.05. The highest BCUT2D eigenvalue weighted by Crippen LogP contribution is 2.31. The lowest BCUT2D eigenvalue weighted by molar-refractivity contribution is 0.414. The van der Waals surface area contributed by atoms with Crippen molar-refractivity contribution in [3.05, 3.63) is 115 Å². The standard InChI is InChI=1S/C30H24N6O/c1-37-26-14-8-13-25(18-26)36-20-24(34-35-36)19-31-23-15-16-27-28(17-23)33-30(22-11-6-3-7-12-22)29(32-27)21-9-4-2-5-10-21/h2-18,20,31H,19H2,1H3. The van der Waals surface area contributed by atoms with E-state index in [1.54, 1.807) is 11.8 Å². The molecule has 0 fully saturated rings. The highest BCUT2D eigenvalue weighted by molar-refractivity contribution is 5.87. The Morgan fingerprint density at radius 3 is 2.14 bits per heavy atom. The number of hydrogen-bond donors (Lipinski definition) is 1. The molecule has 0 atom stereocenters. The molecule has 7 nitrogen and oxygen atoms in total. The van der Waals surface area contributed by atoms with E-state index in [4.69, 9.17) is 14.7 Å². The number of ether oxygens (including phenoxy) is 1. The van der Waals surface area contributed by atoms with Crippen molar-refractivity contribution in [1.82, 2.24) is 25.0 Å². The number of benzene rings is 4. The fourth-order valence-electron chi connectivity index (χ4n) is 4.21. The third-order valence-electron chi connectivity index (χ3n) is 6.09. The Labute approximate surface area is 214 Å². The first-order valence-corrected chi connectivity index (χ1v) is 12.0. The third kappa shape index (κ3) is 4.75. The van der Waals surface area contributed by atoms with E-state index in [1.807, 2.05) is 85.1 Å². The van der Waals surface area contributed by atoms with Crippen molar-refractivity contribution in [2.45, 2.75) is 6.54 Å². The van der Waals surface area contributed by atoms with Crippen LogP contribution in [0.25, 0.3) is 39.2 Å². The van der Waals surface area contributed by atoms with Crippen LogP contribution in [0.15, 0.2) is 109 Å². The Hall–Kier alpha value is -5.04. The van der Waals surface area contributed by atoms with E-state index < -0.39 is 0 Å². The van der Waals surface area contributed by atoms with Crippen molar-refractivity contribution in [1.29, 1.82) is 0 Å². The second-order valence-corrected chi connectivity index (χ2v) is 8.57. The average molecular weight is 485 g/mol. The van der Waals surface area contributed by atoms with Crippen LogP contribution in [0.4, 0.5) is 5.69 Å². The van der Waals surface area contributed by atoms with Gasteiger partial charge in [-0.3, -0.25) is 0 Å². The van der Waals surface area contributed by atoms with Gasteiger partial charge < -0.3 is 10.1 Å². The van der Waals surface area contributed by atoms with Gasteiger partial charge in [0, 0.05) is 22.9 Å². The van der Waals surface area contributed by atoms with Gasteiger partial charge in [0.15, 0.2) is 0 Å². The third-order valence-corrected chi connectivity index (χ3v) is 6.09. The van der Waals surface area contributed by atoms with E-state index in [2.05, 4.69) is 39.9 Å². The van der Waals surface area contributed by atoms with Gasteiger partial charge in [-0.05, 0) is 30.3 Å². The lowest BCUT2D eigenvalue weighted by Gasteiger charge is -2.12. The van der Waals surface area contributed by atoms with Crippen molar-refractivity contribution >= 4 is 16.7 Å². The minimum Gasteiger partial charge on any atom is -0.497 e. The Kier molecular flexibility index (Phi) is 6.01. The van der Waals surface area contributed by atoms with E-state index >= 15 is 0 Å². The van der Waals surface area contributed by atoms with Crippen LogP contribution in [0.5, 0.6) is 5.75 Å². The molecular weight excluding hydrogens is 460 g/mol. The minimum atomic E-state index is 0.524. The van der Waals surface area contributed by atoms with Gasteiger partial charge in [0.25, 0.3) is 0 Å². The van der Waals surface area contributed by atoms with Gasteiger partial charge in [0.2, 0.25) is 0 Å². The smallest absolute Gasteiger partial charge is 0.121 e. The maximum absolute atomic E-state index is 5.31. The number of methoxy groups -OCH3 is 1. The molecule has 0 aliphatic rings. The number of aromatic nitrogens is 5. The van der Waals surface area contributed by atoms with E-state index in [0.717, 1.165) is 56.4 Å². The van der Waals surface area contributed by atoms with Crippen LogP contribution in [-0.4, -0.2) is 32.1 Å². The average Bonchev–Trinajstić information content (AvgIpc) is 3.45. The Bertz CT molecular complexity index is 1660. The van der Waals surface area contributed by atoms with E-state index in [1.165, 1.54) is 0 Å². The highest BCUT2D eigenvalue weighted by Gasteiger charge is 2.13. The van der Waals surface area contributed by atoms with Crippen molar-refractivity contribution < 1.29 is 4.74 Å². The summed E-state index contributed by atoms with van der Waals surface area (Å²) >= 11 is 0. The summed E-state index contributed by atoms with van der Waals surface area (Å²) in [6.07, 6.45) is 1.91. The Balaban J connectivity index is 1.29. The molecule has 0 saturated carbocycles. The first kappa shape index (κ1) is 22.4. The zero-order valence-electron chi connectivity index (χ0n) is 20.2. The number of anilines is 1. The zero-order chi connectivity index (χ0) is 25.0.